The molecule has 0 aromatic heterocycles. The van der Waals surface area contributed by atoms with E-state index in [0.717, 1.165) is 17.8 Å². The lowest BCUT2D eigenvalue weighted by Crippen LogP contribution is -2.44. The second-order valence-corrected chi connectivity index (χ2v) is 5.80. The second kappa shape index (κ2) is 4.85. The first-order valence-corrected chi connectivity index (χ1v) is 6.61. The van der Waals surface area contributed by atoms with Gasteiger partial charge in [0.2, 0.25) is 5.91 Å². The number of aliphatic hydroxyl groups is 1. The lowest BCUT2D eigenvalue weighted by Gasteiger charge is -2.37. The van der Waals surface area contributed by atoms with Gasteiger partial charge in [0, 0.05) is 31.9 Å². The second-order valence-electron chi connectivity index (χ2n) is 5.80. The molecule has 0 atom stereocenters. The molecule has 0 fully saturated rings. The molecular weight excluding hydrogens is 240 g/mol. The van der Waals surface area contributed by atoms with Gasteiger partial charge in [-0.2, -0.15) is 0 Å². The number of hydrogen-bond donors (Lipinski definition) is 1. The summed E-state index contributed by atoms with van der Waals surface area (Å²) in [6.45, 7) is 4.10. The maximum atomic E-state index is 11.7. The number of likely N-dealkylation sites (N-methyl/N-ethyl adjacent to an activating group) is 1. The molecule has 0 saturated heterocycles. The van der Waals surface area contributed by atoms with Gasteiger partial charge in [-0.25, -0.2) is 0 Å². The van der Waals surface area contributed by atoms with E-state index < -0.39 is 0 Å². The van der Waals surface area contributed by atoms with E-state index in [2.05, 4.69) is 11.0 Å². The summed E-state index contributed by atoms with van der Waals surface area (Å²) in [6.07, 6.45) is 1.36. The van der Waals surface area contributed by atoms with E-state index in [-0.39, 0.29) is 18.1 Å². The normalized spacial score (nSPS) is 15.4. The minimum atomic E-state index is -0.301. The van der Waals surface area contributed by atoms with Crippen LogP contribution in [0.25, 0.3) is 0 Å². The molecule has 0 saturated carbocycles. The summed E-state index contributed by atoms with van der Waals surface area (Å²) in [5.41, 5.74) is 2.96. The number of aryl methyl sites for hydroxylation is 1. The molecule has 0 spiro atoms. The molecule has 0 radical (unpaired) electrons. The van der Waals surface area contributed by atoms with Crippen LogP contribution in [0.15, 0.2) is 18.2 Å². The summed E-state index contributed by atoms with van der Waals surface area (Å²) in [4.78, 5) is 15.5. The van der Waals surface area contributed by atoms with Crippen LogP contribution < -0.4 is 9.80 Å². The van der Waals surface area contributed by atoms with E-state index >= 15 is 0 Å². The van der Waals surface area contributed by atoms with Crippen molar-refractivity contribution in [3.05, 3.63) is 23.8 Å². The van der Waals surface area contributed by atoms with E-state index in [0.29, 0.717) is 6.42 Å². The lowest BCUT2D eigenvalue weighted by molar-refractivity contribution is -0.118. The van der Waals surface area contributed by atoms with Gasteiger partial charge in [0.15, 0.2) is 0 Å². The molecule has 1 aliphatic heterocycles. The maximum absolute atomic E-state index is 11.7. The van der Waals surface area contributed by atoms with Crippen molar-refractivity contribution >= 4 is 17.3 Å². The largest absolute Gasteiger partial charge is 0.394 e. The smallest absolute Gasteiger partial charge is 0.227 e. The fourth-order valence-electron chi connectivity index (χ4n) is 2.31. The summed E-state index contributed by atoms with van der Waals surface area (Å²) in [5, 5.41) is 9.45. The zero-order chi connectivity index (χ0) is 14.2. The summed E-state index contributed by atoms with van der Waals surface area (Å²) in [7, 11) is 3.80. The van der Waals surface area contributed by atoms with Crippen LogP contribution in [0.3, 0.4) is 0 Å². The SMILES string of the molecule is CN1C(=O)CCc2cc(N(C)C(C)(C)CO)ccc21. The monoisotopic (exact) mass is 262 g/mol. The van der Waals surface area contributed by atoms with Gasteiger partial charge in [-0.1, -0.05) is 0 Å². The highest BCUT2D eigenvalue weighted by Crippen LogP contribution is 2.32. The number of rotatable bonds is 3. The molecule has 1 aromatic rings. The molecule has 1 amide bonds. The van der Waals surface area contributed by atoms with Crippen molar-refractivity contribution in [1.29, 1.82) is 0 Å². The first kappa shape index (κ1) is 13.9. The fraction of sp³-hybridized carbons (Fsp3) is 0.533. The highest BCUT2D eigenvalue weighted by molar-refractivity contribution is 5.96. The van der Waals surface area contributed by atoms with Crippen molar-refractivity contribution in [2.24, 2.45) is 0 Å². The minimum Gasteiger partial charge on any atom is -0.394 e. The molecule has 19 heavy (non-hydrogen) atoms. The average Bonchev–Trinajstić information content (AvgIpc) is 2.41. The van der Waals surface area contributed by atoms with Crippen LogP contribution in [0.1, 0.15) is 25.8 Å². The number of aliphatic hydroxyl groups excluding tert-OH is 1. The first-order chi connectivity index (χ1) is 8.86. The summed E-state index contributed by atoms with van der Waals surface area (Å²) in [5.74, 6) is 0.171. The first-order valence-electron chi connectivity index (χ1n) is 6.61. The third kappa shape index (κ3) is 2.45. The van der Waals surface area contributed by atoms with Crippen molar-refractivity contribution in [3.8, 4) is 0 Å². The van der Waals surface area contributed by atoms with Crippen LogP contribution in [0.4, 0.5) is 11.4 Å². The summed E-state index contributed by atoms with van der Waals surface area (Å²) in [6, 6.07) is 6.12. The fourth-order valence-corrected chi connectivity index (χ4v) is 2.31. The van der Waals surface area contributed by atoms with Gasteiger partial charge in [-0.3, -0.25) is 4.79 Å². The molecule has 4 nitrogen and oxygen atoms in total. The minimum absolute atomic E-state index is 0.0962. The molecule has 0 unspecified atom stereocenters. The zero-order valence-electron chi connectivity index (χ0n) is 12.1. The number of nitrogens with zero attached hydrogens (tertiary/aromatic N) is 2. The van der Waals surface area contributed by atoms with Crippen molar-refractivity contribution in [2.75, 3.05) is 30.5 Å². The molecule has 0 aliphatic carbocycles. The van der Waals surface area contributed by atoms with Gasteiger partial charge >= 0.3 is 0 Å². The number of anilines is 2. The molecule has 1 aliphatic rings. The number of carbonyl (C=O) groups is 1. The Kier molecular flexibility index (Phi) is 3.54. The number of benzene rings is 1. The summed E-state index contributed by atoms with van der Waals surface area (Å²) >= 11 is 0. The molecule has 1 N–H and O–H groups in total. The number of hydrogen-bond acceptors (Lipinski definition) is 3. The Bertz CT molecular complexity index is 497. The Labute approximate surface area is 114 Å². The van der Waals surface area contributed by atoms with Crippen molar-refractivity contribution < 1.29 is 9.90 Å². The quantitative estimate of drug-likeness (QED) is 0.903. The van der Waals surface area contributed by atoms with Crippen molar-refractivity contribution in [2.45, 2.75) is 32.2 Å². The van der Waals surface area contributed by atoms with Gasteiger partial charge in [-0.05, 0) is 44.0 Å². The molecule has 1 heterocycles. The molecule has 0 bridgehead atoms. The highest BCUT2D eigenvalue weighted by atomic mass is 16.3. The standard InChI is InChI=1S/C15H22N2O2/c1-15(2,10-18)17(4)12-6-7-13-11(9-12)5-8-14(19)16(13)3/h6-7,9,18H,5,8,10H2,1-4H3. The third-order valence-corrected chi connectivity index (χ3v) is 4.09. The predicted molar refractivity (Wildman–Crippen MR) is 77.7 cm³/mol. The molecular formula is C15H22N2O2. The van der Waals surface area contributed by atoms with Gasteiger partial charge in [-0.15, -0.1) is 0 Å². The number of fused-ring (bicyclic) bond motifs is 1. The van der Waals surface area contributed by atoms with Crippen molar-refractivity contribution in [3.63, 3.8) is 0 Å². The molecule has 104 valence electrons. The Morgan fingerprint density at radius 1 is 1.37 bits per heavy atom. The topological polar surface area (TPSA) is 43.8 Å². The Morgan fingerprint density at radius 3 is 2.68 bits per heavy atom. The molecule has 1 aromatic carbocycles. The highest BCUT2D eigenvalue weighted by Gasteiger charge is 2.25. The van der Waals surface area contributed by atoms with E-state index in [4.69, 9.17) is 0 Å². The Morgan fingerprint density at radius 2 is 2.05 bits per heavy atom. The number of amides is 1. The lowest BCUT2D eigenvalue weighted by atomic mass is 9.98. The number of carbonyl (C=O) groups excluding carboxylic acids is 1. The van der Waals surface area contributed by atoms with Crippen LogP contribution in [0, 0.1) is 0 Å². The Balaban J connectivity index is 2.35. The van der Waals surface area contributed by atoms with Gasteiger partial charge < -0.3 is 14.9 Å². The van der Waals surface area contributed by atoms with Gasteiger partial charge in [0.25, 0.3) is 0 Å². The predicted octanol–water partition coefficient (Wildman–Crippen LogP) is 1.80. The van der Waals surface area contributed by atoms with Crippen LogP contribution in [-0.2, 0) is 11.2 Å². The van der Waals surface area contributed by atoms with E-state index in [9.17, 15) is 9.90 Å². The van der Waals surface area contributed by atoms with Gasteiger partial charge in [0.1, 0.15) is 0 Å². The van der Waals surface area contributed by atoms with E-state index in [1.165, 1.54) is 5.56 Å². The van der Waals surface area contributed by atoms with Crippen LogP contribution in [0.5, 0.6) is 0 Å². The Hall–Kier alpha value is -1.55. The zero-order valence-corrected chi connectivity index (χ0v) is 12.1. The maximum Gasteiger partial charge on any atom is 0.227 e. The van der Waals surface area contributed by atoms with Crippen molar-refractivity contribution in [1.82, 2.24) is 0 Å². The van der Waals surface area contributed by atoms with Crippen LogP contribution in [-0.4, -0.2) is 37.3 Å². The molecule has 2 rings (SSSR count). The molecule has 4 heteroatoms. The van der Waals surface area contributed by atoms with Gasteiger partial charge in [0.05, 0.1) is 12.1 Å². The third-order valence-electron chi connectivity index (χ3n) is 4.09. The van der Waals surface area contributed by atoms with Crippen LogP contribution in [0.2, 0.25) is 0 Å². The van der Waals surface area contributed by atoms with E-state index in [1.807, 2.05) is 40.1 Å². The summed E-state index contributed by atoms with van der Waals surface area (Å²) < 4.78 is 0. The van der Waals surface area contributed by atoms with Crippen LogP contribution >= 0.6 is 0 Å². The van der Waals surface area contributed by atoms with E-state index in [1.54, 1.807) is 4.90 Å². The average molecular weight is 262 g/mol.